The standard InChI is InChI=1S/C15H26N2/c1-4-15(16)10-11-17(13(2)3)12-14-8-6-5-7-9-14/h5-9,13,15H,4,10-12,16H2,1-3H3. The number of hydrogen-bond donors (Lipinski definition) is 1. The third kappa shape index (κ3) is 5.33. The predicted molar refractivity (Wildman–Crippen MR) is 74.9 cm³/mol. The van der Waals surface area contributed by atoms with Gasteiger partial charge in [-0.05, 0) is 32.3 Å². The maximum atomic E-state index is 5.99. The fraction of sp³-hybridized carbons (Fsp3) is 0.600. The Morgan fingerprint density at radius 2 is 1.82 bits per heavy atom. The van der Waals surface area contributed by atoms with E-state index in [1.54, 1.807) is 0 Å². The van der Waals surface area contributed by atoms with E-state index in [4.69, 9.17) is 5.73 Å². The lowest BCUT2D eigenvalue weighted by molar-refractivity contribution is 0.204. The van der Waals surface area contributed by atoms with Gasteiger partial charge < -0.3 is 5.73 Å². The first-order valence-corrected chi connectivity index (χ1v) is 6.67. The molecule has 17 heavy (non-hydrogen) atoms. The van der Waals surface area contributed by atoms with Gasteiger partial charge in [-0.3, -0.25) is 4.90 Å². The normalized spacial score (nSPS) is 13.3. The highest BCUT2D eigenvalue weighted by Gasteiger charge is 2.11. The SMILES string of the molecule is CCC(N)CCN(Cc1ccccc1)C(C)C. The van der Waals surface area contributed by atoms with Crippen molar-refractivity contribution in [2.45, 2.75) is 52.2 Å². The summed E-state index contributed by atoms with van der Waals surface area (Å²) in [4.78, 5) is 2.49. The van der Waals surface area contributed by atoms with Crippen molar-refractivity contribution in [3.05, 3.63) is 35.9 Å². The highest BCUT2D eigenvalue weighted by molar-refractivity contribution is 5.14. The van der Waals surface area contributed by atoms with Crippen LogP contribution in [0.5, 0.6) is 0 Å². The van der Waals surface area contributed by atoms with Gasteiger partial charge in [0.05, 0.1) is 0 Å². The van der Waals surface area contributed by atoms with Crippen LogP contribution in [0.4, 0.5) is 0 Å². The summed E-state index contributed by atoms with van der Waals surface area (Å²) in [6.45, 7) is 8.76. The Morgan fingerprint density at radius 1 is 1.18 bits per heavy atom. The minimum atomic E-state index is 0.340. The second kappa shape index (κ2) is 7.46. The Kier molecular flexibility index (Phi) is 6.23. The van der Waals surface area contributed by atoms with E-state index in [1.807, 2.05) is 0 Å². The summed E-state index contributed by atoms with van der Waals surface area (Å²) in [6.07, 6.45) is 2.15. The second-order valence-electron chi connectivity index (χ2n) is 5.01. The van der Waals surface area contributed by atoms with Crippen LogP contribution in [0.1, 0.15) is 39.2 Å². The second-order valence-corrected chi connectivity index (χ2v) is 5.01. The van der Waals surface area contributed by atoms with Crippen LogP contribution in [-0.2, 0) is 6.54 Å². The summed E-state index contributed by atoms with van der Waals surface area (Å²) in [5, 5.41) is 0. The molecule has 0 heterocycles. The van der Waals surface area contributed by atoms with Gasteiger partial charge in [-0.1, -0.05) is 37.3 Å². The van der Waals surface area contributed by atoms with Gasteiger partial charge in [-0.15, -0.1) is 0 Å². The highest BCUT2D eigenvalue weighted by Crippen LogP contribution is 2.09. The van der Waals surface area contributed by atoms with E-state index >= 15 is 0 Å². The van der Waals surface area contributed by atoms with Crippen molar-refractivity contribution in [2.75, 3.05) is 6.54 Å². The van der Waals surface area contributed by atoms with Gasteiger partial charge in [-0.2, -0.15) is 0 Å². The van der Waals surface area contributed by atoms with E-state index in [0.29, 0.717) is 12.1 Å². The first kappa shape index (κ1) is 14.2. The molecule has 1 rings (SSSR count). The molecule has 2 nitrogen and oxygen atoms in total. The largest absolute Gasteiger partial charge is 0.328 e. The number of nitrogens with two attached hydrogens (primary N) is 1. The summed E-state index contributed by atoms with van der Waals surface area (Å²) in [5.41, 5.74) is 7.37. The molecule has 1 unspecified atom stereocenters. The molecular weight excluding hydrogens is 208 g/mol. The highest BCUT2D eigenvalue weighted by atomic mass is 15.1. The molecule has 0 aliphatic heterocycles. The van der Waals surface area contributed by atoms with Crippen LogP contribution < -0.4 is 5.73 Å². The van der Waals surface area contributed by atoms with Gasteiger partial charge in [-0.25, -0.2) is 0 Å². The maximum absolute atomic E-state index is 5.99. The van der Waals surface area contributed by atoms with Crippen molar-refractivity contribution >= 4 is 0 Å². The summed E-state index contributed by atoms with van der Waals surface area (Å²) in [5.74, 6) is 0. The summed E-state index contributed by atoms with van der Waals surface area (Å²) in [7, 11) is 0. The number of benzene rings is 1. The predicted octanol–water partition coefficient (Wildman–Crippen LogP) is 3.02. The van der Waals surface area contributed by atoms with E-state index < -0.39 is 0 Å². The van der Waals surface area contributed by atoms with E-state index in [0.717, 1.165) is 25.9 Å². The first-order chi connectivity index (χ1) is 8.13. The van der Waals surface area contributed by atoms with Crippen molar-refractivity contribution in [3.8, 4) is 0 Å². The molecular formula is C15H26N2. The van der Waals surface area contributed by atoms with Crippen LogP contribution in [-0.4, -0.2) is 23.5 Å². The molecule has 0 saturated heterocycles. The summed E-state index contributed by atoms with van der Waals surface area (Å²) < 4.78 is 0. The van der Waals surface area contributed by atoms with Gasteiger partial charge >= 0.3 is 0 Å². The van der Waals surface area contributed by atoms with Crippen molar-refractivity contribution in [3.63, 3.8) is 0 Å². The molecule has 0 aliphatic rings. The van der Waals surface area contributed by atoms with Crippen LogP contribution in [0.2, 0.25) is 0 Å². The Morgan fingerprint density at radius 3 is 2.35 bits per heavy atom. The molecule has 0 spiro atoms. The van der Waals surface area contributed by atoms with Crippen LogP contribution in [0.15, 0.2) is 30.3 Å². The van der Waals surface area contributed by atoms with Gasteiger partial charge in [0, 0.05) is 25.2 Å². The molecule has 0 bridgehead atoms. The fourth-order valence-corrected chi connectivity index (χ4v) is 1.87. The lowest BCUT2D eigenvalue weighted by atomic mass is 10.1. The van der Waals surface area contributed by atoms with E-state index in [-0.39, 0.29) is 0 Å². The summed E-state index contributed by atoms with van der Waals surface area (Å²) in [6, 6.07) is 11.6. The minimum Gasteiger partial charge on any atom is -0.328 e. The molecule has 2 N–H and O–H groups in total. The summed E-state index contributed by atoms with van der Waals surface area (Å²) >= 11 is 0. The maximum Gasteiger partial charge on any atom is 0.0236 e. The van der Waals surface area contributed by atoms with Crippen LogP contribution >= 0.6 is 0 Å². The molecule has 0 saturated carbocycles. The van der Waals surface area contributed by atoms with Gasteiger partial charge in [0.25, 0.3) is 0 Å². The number of hydrogen-bond acceptors (Lipinski definition) is 2. The molecule has 0 fully saturated rings. The van der Waals surface area contributed by atoms with Crippen LogP contribution in [0, 0.1) is 0 Å². The Bertz CT molecular complexity index is 295. The third-order valence-corrected chi connectivity index (χ3v) is 3.27. The zero-order valence-corrected chi connectivity index (χ0v) is 11.4. The molecule has 1 aromatic rings. The van der Waals surface area contributed by atoms with Gasteiger partial charge in [0.1, 0.15) is 0 Å². The monoisotopic (exact) mass is 234 g/mol. The average molecular weight is 234 g/mol. The molecule has 96 valence electrons. The van der Waals surface area contributed by atoms with E-state index in [1.165, 1.54) is 5.56 Å². The molecule has 0 aliphatic carbocycles. The Labute approximate surface area is 106 Å². The van der Waals surface area contributed by atoms with Gasteiger partial charge in [0.2, 0.25) is 0 Å². The molecule has 2 heteroatoms. The lowest BCUT2D eigenvalue weighted by Gasteiger charge is -2.27. The number of nitrogens with zero attached hydrogens (tertiary/aromatic N) is 1. The van der Waals surface area contributed by atoms with Crippen molar-refractivity contribution in [2.24, 2.45) is 5.73 Å². The van der Waals surface area contributed by atoms with Crippen molar-refractivity contribution < 1.29 is 0 Å². The third-order valence-electron chi connectivity index (χ3n) is 3.27. The molecule has 1 aromatic carbocycles. The number of rotatable bonds is 7. The van der Waals surface area contributed by atoms with Crippen LogP contribution in [0.3, 0.4) is 0 Å². The Hall–Kier alpha value is -0.860. The smallest absolute Gasteiger partial charge is 0.0236 e. The molecule has 0 amide bonds. The van der Waals surface area contributed by atoms with Gasteiger partial charge in [0.15, 0.2) is 0 Å². The van der Waals surface area contributed by atoms with Crippen molar-refractivity contribution in [1.82, 2.24) is 4.90 Å². The minimum absolute atomic E-state index is 0.340. The first-order valence-electron chi connectivity index (χ1n) is 6.67. The Balaban J connectivity index is 2.49. The molecule has 0 radical (unpaired) electrons. The average Bonchev–Trinajstić information content (AvgIpc) is 2.34. The topological polar surface area (TPSA) is 29.3 Å². The lowest BCUT2D eigenvalue weighted by Crippen LogP contribution is -2.34. The quantitative estimate of drug-likeness (QED) is 0.786. The molecule has 1 atom stereocenters. The van der Waals surface area contributed by atoms with E-state index in [9.17, 15) is 0 Å². The van der Waals surface area contributed by atoms with E-state index in [2.05, 4.69) is 56.0 Å². The van der Waals surface area contributed by atoms with Crippen LogP contribution in [0.25, 0.3) is 0 Å². The fourth-order valence-electron chi connectivity index (χ4n) is 1.87. The van der Waals surface area contributed by atoms with Crippen molar-refractivity contribution in [1.29, 1.82) is 0 Å². The zero-order valence-electron chi connectivity index (χ0n) is 11.4. The zero-order chi connectivity index (χ0) is 12.7. The molecule has 0 aromatic heterocycles.